The minimum atomic E-state index is 0.546. The zero-order valence-electron chi connectivity index (χ0n) is 11.8. The zero-order valence-corrected chi connectivity index (χ0v) is 11.8. The van der Waals surface area contributed by atoms with Gasteiger partial charge in [0.15, 0.2) is 0 Å². The maximum Gasteiger partial charge on any atom is 0.222 e. The highest BCUT2D eigenvalue weighted by Gasteiger charge is 2.10. The molecule has 0 aliphatic rings. The Morgan fingerprint density at radius 2 is 2.06 bits per heavy atom. The maximum atomic E-state index is 5.66. The van der Waals surface area contributed by atoms with Gasteiger partial charge >= 0.3 is 0 Å². The predicted molar refractivity (Wildman–Crippen MR) is 75.2 cm³/mol. The van der Waals surface area contributed by atoms with Crippen LogP contribution in [0.3, 0.4) is 0 Å². The summed E-state index contributed by atoms with van der Waals surface area (Å²) in [7, 11) is 0. The Hall–Kier alpha value is -1.58. The molecule has 0 saturated heterocycles. The third-order valence-electron chi connectivity index (χ3n) is 2.56. The Bertz CT molecular complexity index is 402. The van der Waals surface area contributed by atoms with E-state index in [1.807, 2.05) is 32.9 Å². The topological polar surface area (TPSA) is 47.0 Å². The minimum absolute atomic E-state index is 0.546. The van der Waals surface area contributed by atoms with Crippen LogP contribution in [-0.4, -0.2) is 23.1 Å². The molecule has 1 aromatic rings. The van der Waals surface area contributed by atoms with Crippen LogP contribution in [0.1, 0.15) is 38.6 Å². The first-order valence-electron chi connectivity index (χ1n) is 6.58. The van der Waals surface area contributed by atoms with Gasteiger partial charge in [-0.1, -0.05) is 26.0 Å². The molecule has 0 bridgehead atoms. The molecular weight excluding hydrogens is 226 g/mol. The van der Waals surface area contributed by atoms with Crippen LogP contribution in [-0.2, 0) is 6.42 Å². The molecule has 0 aliphatic carbocycles. The molecule has 0 unspecified atom stereocenters. The molecule has 0 aliphatic heterocycles. The largest absolute Gasteiger partial charge is 0.473 e. The zero-order chi connectivity index (χ0) is 13.4. The number of rotatable bonds is 7. The van der Waals surface area contributed by atoms with Gasteiger partial charge in [0.05, 0.1) is 5.56 Å². The van der Waals surface area contributed by atoms with Gasteiger partial charge in [-0.15, -0.1) is 0 Å². The third-order valence-corrected chi connectivity index (χ3v) is 2.56. The van der Waals surface area contributed by atoms with Gasteiger partial charge in [-0.25, -0.2) is 4.98 Å². The summed E-state index contributed by atoms with van der Waals surface area (Å²) in [6, 6.07) is 0. The molecule has 0 spiro atoms. The first-order chi connectivity index (χ1) is 8.72. The van der Waals surface area contributed by atoms with Crippen molar-refractivity contribution in [3.05, 3.63) is 23.5 Å². The van der Waals surface area contributed by atoms with E-state index < -0.39 is 0 Å². The van der Waals surface area contributed by atoms with E-state index in [9.17, 15) is 0 Å². The molecule has 4 nitrogen and oxygen atoms in total. The van der Waals surface area contributed by atoms with Gasteiger partial charge in [-0.05, 0) is 20.3 Å². The lowest BCUT2D eigenvalue weighted by Crippen LogP contribution is -2.10. The molecule has 1 aromatic heterocycles. The number of nitrogens with one attached hydrogen (secondary N) is 1. The van der Waals surface area contributed by atoms with Crippen LogP contribution in [0, 0.1) is 6.92 Å². The first-order valence-corrected chi connectivity index (χ1v) is 6.58. The second kappa shape index (κ2) is 7.69. The fourth-order valence-electron chi connectivity index (χ4n) is 1.48. The molecule has 1 rings (SSSR count). The highest BCUT2D eigenvalue weighted by molar-refractivity contribution is 5.48. The Kier molecular flexibility index (Phi) is 6.19. The van der Waals surface area contributed by atoms with Crippen molar-refractivity contribution in [3.63, 3.8) is 0 Å². The van der Waals surface area contributed by atoms with Crippen molar-refractivity contribution in [3.8, 4) is 5.88 Å². The van der Waals surface area contributed by atoms with Crippen molar-refractivity contribution in [1.29, 1.82) is 0 Å². The monoisotopic (exact) mass is 249 g/mol. The predicted octanol–water partition coefficient (Wildman–Crippen LogP) is 3.12. The van der Waals surface area contributed by atoms with Crippen LogP contribution in [0.5, 0.6) is 5.88 Å². The van der Waals surface area contributed by atoms with Crippen LogP contribution in [0.2, 0.25) is 0 Å². The van der Waals surface area contributed by atoms with E-state index >= 15 is 0 Å². The summed E-state index contributed by atoms with van der Waals surface area (Å²) < 4.78 is 5.66. The molecule has 1 N–H and O–H groups in total. The van der Waals surface area contributed by atoms with Crippen LogP contribution in [0.25, 0.3) is 0 Å². The van der Waals surface area contributed by atoms with Gasteiger partial charge in [0.1, 0.15) is 18.2 Å². The van der Waals surface area contributed by atoms with Gasteiger partial charge in [0, 0.05) is 13.0 Å². The molecule has 0 fully saturated rings. The highest BCUT2D eigenvalue weighted by atomic mass is 16.5. The molecule has 1 heterocycles. The SMILES string of the molecule is C/C=C/COc1nc(CC)nc(NCCC)c1C. The summed E-state index contributed by atoms with van der Waals surface area (Å²) in [6.07, 6.45) is 5.81. The van der Waals surface area contributed by atoms with E-state index in [2.05, 4.69) is 22.2 Å². The van der Waals surface area contributed by atoms with Crippen LogP contribution in [0.15, 0.2) is 12.2 Å². The van der Waals surface area contributed by atoms with Crippen molar-refractivity contribution in [2.45, 2.75) is 40.5 Å². The number of aryl methyl sites for hydroxylation is 1. The smallest absolute Gasteiger partial charge is 0.222 e. The normalized spacial score (nSPS) is 10.9. The number of allylic oxidation sites excluding steroid dienone is 1. The van der Waals surface area contributed by atoms with E-state index in [0.29, 0.717) is 12.5 Å². The first kappa shape index (κ1) is 14.5. The average molecular weight is 249 g/mol. The van der Waals surface area contributed by atoms with E-state index in [1.54, 1.807) is 0 Å². The van der Waals surface area contributed by atoms with Gasteiger partial charge in [-0.2, -0.15) is 4.98 Å². The number of nitrogens with zero attached hydrogens (tertiary/aromatic N) is 2. The van der Waals surface area contributed by atoms with E-state index in [0.717, 1.165) is 36.6 Å². The molecular formula is C14H23N3O. The summed E-state index contributed by atoms with van der Waals surface area (Å²) in [5, 5.41) is 3.32. The lowest BCUT2D eigenvalue weighted by atomic mass is 10.3. The number of hydrogen-bond acceptors (Lipinski definition) is 4. The third kappa shape index (κ3) is 4.02. The second-order valence-corrected chi connectivity index (χ2v) is 4.08. The quantitative estimate of drug-likeness (QED) is 0.754. The van der Waals surface area contributed by atoms with Crippen molar-refractivity contribution < 1.29 is 4.74 Å². The fourth-order valence-corrected chi connectivity index (χ4v) is 1.48. The molecule has 0 radical (unpaired) electrons. The standard InChI is InChI=1S/C14H23N3O/c1-5-8-10-18-14-11(4)13(15-9-6-2)16-12(7-3)17-14/h5,8H,6-7,9-10H2,1-4H3,(H,15,16,17)/b8-5+. The van der Waals surface area contributed by atoms with E-state index in [4.69, 9.17) is 4.74 Å². The molecule has 0 saturated carbocycles. The number of ether oxygens (including phenoxy) is 1. The Labute approximate surface area is 109 Å². The van der Waals surface area contributed by atoms with Crippen molar-refractivity contribution in [2.24, 2.45) is 0 Å². The summed E-state index contributed by atoms with van der Waals surface area (Å²) in [5.74, 6) is 2.38. The van der Waals surface area contributed by atoms with Gasteiger partial charge in [-0.3, -0.25) is 0 Å². The molecule has 18 heavy (non-hydrogen) atoms. The number of aromatic nitrogens is 2. The molecule has 0 aromatic carbocycles. The molecule has 0 amide bonds. The highest BCUT2D eigenvalue weighted by Crippen LogP contribution is 2.22. The van der Waals surface area contributed by atoms with Crippen molar-refractivity contribution >= 4 is 5.82 Å². The van der Waals surface area contributed by atoms with Gasteiger partial charge in [0.2, 0.25) is 5.88 Å². The van der Waals surface area contributed by atoms with Crippen LogP contribution < -0.4 is 10.1 Å². The van der Waals surface area contributed by atoms with Crippen LogP contribution in [0.4, 0.5) is 5.82 Å². The molecule has 100 valence electrons. The van der Waals surface area contributed by atoms with Crippen LogP contribution >= 0.6 is 0 Å². The summed E-state index contributed by atoms with van der Waals surface area (Å²) in [5.41, 5.74) is 0.977. The summed E-state index contributed by atoms with van der Waals surface area (Å²) in [6.45, 7) is 9.60. The van der Waals surface area contributed by atoms with Gasteiger partial charge in [0.25, 0.3) is 0 Å². The van der Waals surface area contributed by atoms with Crippen molar-refractivity contribution in [2.75, 3.05) is 18.5 Å². The molecule has 4 heteroatoms. The lowest BCUT2D eigenvalue weighted by Gasteiger charge is -2.13. The molecule has 0 atom stereocenters. The Balaban J connectivity index is 2.92. The second-order valence-electron chi connectivity index (χ2n) is 4.08. The average Bonchev–Trinajstić information content (AvgIpc) is 2.39. The minimum Gasteiger partial charge on any atom is -0.473 e. The number of hydrogen-bond donors (Lipinski definition) is 1. The van der Waals surface area contributed by atoms with Crippen molar-refractivity contribution in [1.82, 2.24) is 9.97 Å². The Morgan fingerprint density at radius 1 is 1.28 bits per heavy atom. The van der Waals surface area contributed by atoms with E-state index in [-0.39, 0.29) is 0 Å². The summed E-state index contributed by atoms with van der Waals surface area (Å²) >= 11 is 0. The fraction of sp³-hybridized carbons (Fsp3) is 0.571. The lowest BCUT2D eigenvalue weighted by molar-refractivity contribution is 0.343. The summed E-state index contributed by atoms with van der Waals surface area (Å²) in [4.78, 5) is 8.92. The number of anilines is 1. The van der Waals surface area contributed by atoms with Gasteiger partial charge < -0.3 is 10.1 Å². The maximum absolute atomic E-state index is 5.66. The Morgan fingerprint density at radius 3 is 2.67 bits per heavy atom. The van der Waals surface area contributed by atoms with E-state index in [1.165, 1.54) is 0 Å².